The Morgan fingerprint density at radius 2 is 1.00 bits per heavy atom. The highest BCUT2D eigenvalue weighted by Gasteiger charge is 2.20. The van der Waals surface area contributed by atoms with Gasteiger partial charge in [0.1, 0.15) is 0 Å². The highest BCUT2D eigenvalue weighted by Crippen LogP contribution is 2.39. The second kappa shape index (κ2) is 12.9. The Morgan fingerprint density at radius 3 is 1.64 bits per heavy atom. The molecule has 0 N–H and O–H groups in total. The lowest BCUT2D eigenvalue weighted by atomic mass is 9.90. The molecule has 50 heavy (non-hydrogen) atoms. The van der Waals surface area contributed by atoms with E-state index in [2.05, 4.69) is 210 Å². The monoisotopic (exact) mass is 640 g/mol. The van der Waals surface area contributed by atoms with Crippen molar-refractivity contribution in [1.29, 1.82) is 0 Å². The number of anilines is 2. The van der Waals surface area contributed by atoms with Gasteiger partial charge in [-0.1, -0.05) is 140 Å². The first-order valence-corrected chi connectivity index (χ1v) is 17.4. The lowest BCUT2D eigenvalue weighted by Gasteiger charge is -2.29. The average Bonchev–Trinajstić information content (AvgIpc) is 3.53. The van der Waals surface area contributed by atoms with Crippen LogP contribution in [-0.4, -0.2) is 4.57 Å². The standard InChI is InChI=1S/C48H36N2/c1-4-12-35(13-5-1)37-20-27-42(28-21-37)49(41-16-8-3-9-17-41)43-29-24-39(25-30-43)40-26-33-48-46(34-40)45-18-10-11-19-47(45)50(48)44-31-22-38(23-32-44)36-14-6-2-7-15-36/h1-24,26-34,39H,25H2. The summed E-state index contributed by atoms with van der Waals surface area (Å²) in [7, 11) is 0. The lowest BCUT2D eigenvalue weighted by molar-refractivity contribution is 0.841. The van der Waals surface area contributed by atoms with Crippen LogP contribution in [0.1, 0.15) is 17.9 Å². The maximum Gasteiger partial charge on any atom is 0.0541 e. The number of benzene rings is 7. The molecular formula is C48H36N2. The smallest absolute Gasteiger partial charge is 0.0541 e. The Kier molecular flexibility index (Phi) is 7.68. The molecule has 0 saturated carbocycles. The van der Waals surface area contributed by atoms with Gasteiger partial charge in [0.2, 0.25) is 0 Å². The van der Waals surface area contributed by atoms with Gasteiger partial charge in [-0.3, -0.25) is 0 Å². The van der Waals surface area contributed by atoms with Crippen molar-refractivity contribution >= 4 is 33.2 Å². The lowest BCUT2D eigenvalue weighted by Crippen LogP contribution is -2.17. The van der Waals surface area contributed by atoms with E-state index in [-0.39, 0.29) is 0 Å². The molecule has 1 heterocycles. The van der Waals surface area contributed by atoms with E-state index in [9.17, 15) is 0 Å². The quantitative estimate of drug-likeness (QED) is 0.168. The Morgan fingerprint density at radius 1 is 0.460 bits per heavy atom. The van der Waals surface area contributed by atoms with Gasteiger partial charge in [-0.25, -0.2) is 0 Å². The molecule has 0 bridgehead atoms. The van der Waals surface area contributed by atoms with Crippen LogP contribution in [0.4, 0.5) is 11.4 Å². The Balaban J connectivity index is 1.03. The topological polar surface area (TPSA) is 8.17 Å². The molecule has 0 saturated heterocycles. The van der Waals surface area contributed by atoms with Gasteiger partial charge in [-0.2, -0.15) is 0 Å². The van der Waals surface area contributed by atoms with E-state index in [1.54, 1.807) is 0 Å². The number of rotatable bonds is 7. The van der Waals surface area contributed by atoms with Crippen LogP contribution >= 0.6 is 0 Å². The minimum Gasteiger partial charge on any atom is -0.311 e. The van der Waals surface area contributed by atoms with Crippen molar-refractivity contribution in [2.75, 3.05) is 4.90 Å². The fourth-order valence-corrected chi connectivity index (χ4v) is 7.41. The van der Waals surface area contributed by atoms with Gasteiger partial charge in [0.25, 0.3) is 0 Å². The zero-order valence-corrected chi connectivity index (χ0v) is 27.7. The van der Waals surface area contributed by atoms with Gasteiger partial charge >= 0.3 is 0 Å². The third-order valence-electron chi connectivity index (χ3n) is 9.94. The molecule has 0 fully saturated rings. The summed E-state index contributed by atoms with van der Waals surface area (Å²) >= 11 is 0. The molecule has 1 aliphatic rings. The maximum atomic E-state index is 2.41. The summed E-state index contributed by atoms with van der Waals surface area (Å²) in [6.07, 6.45) is 8.01. The first-order chi connectivity index (χ1) is 24.8. The molecule has 1 atom stereocenters. The molecule has 0 aliphatic heterocycles. The van der Waals surface area contributed by atoms with Crippen molar-refractivity contribution in [1.82, 2.24) is 4.57 Å². The second-order valence-corrected chi connectivity index (χ2v) is 13.0. The molecule has 238 valence electrons. The normalized spacial score (nSPS) is 14.2. The molecule has 7 aromatic carbocycles. The van der Waals surface area contributed by atoms with Crippen LogP contribution in [0, 0.1) is 0 Å². The largest absolute Gasteiger partial charge is 0.311 e. The van der Waals surface area contributed by atoms with Gasteiger partial charge in [0.05, 0.1) is 11.0 Å². The van der Waals surface area contributed by atoms with E-state index in [4.69, 9.17) is 0 Å². The number of hydrogen-bond donors (Lipinski definition) is 0. The number of nitrogens with zero attached hydrogens (tertiary/aromatic N) is 2. The van der Waals surface area contributed by atoms with Gasteiger partial charge in [-0.15, -0.1) is 0 Å². The SMILES string of the molecule is C1=CC(c2ccc3c(c2)c2ccccc2n3-c2ccc(-c3ccccc3)cc2)CC=C1N(c1ccccc1)c1ccc(-c2ccccc2)cc1. The van der Waals surface area contributed by atoms with Gasteiger partial charge < -0.3 is 9.47 Å². The van der Waals surface area contributed by atoms with Crippen LogP contribution in [0.5, 0.6) is 0 Å². The summed E-state index contributed by atoms with van der Waals surface area (Å²) in [5.41, 5.74) is 13.4. The minimum atomic E-state index is 0.300. The van der Waals surface area contributed by atoms with Crippen molar-refractivity contribution in [2.24, 2.45) is 0 Å². The summed E-state index contributed by atoms with van der Waals surface area (Å²) in [6, 6.07) is 65.5. The number of hydrogen-bond acceptors (Lipinski definition) is 1. The van der Waals surface area contributed by atoms with Gasteiger partial charge in [-0.05, 0) is 94.9 Å². The van der Waals surface area contributed by atoms with E-state index in [1.165, 1.54) is 61.0 Å². The highest BCUT2D eigenvalue weighted by atomic mass is 15.1. The van der Waals surface area contributed by atoms with Gasteiger partial charge in [0, 0.05) is 39.4 Å². The highest BCUT2D eigenvalue weighted by molar-refractivity contribution is 6.09. The fourth-order valence-electron chi connectivity index (χ4n) is 7.41. The van der Waals surface area contributed by atoms with E-state index in [1.807, 2.05) is 0 Å². The summed E-state index contributed by atoms with van der Waals surface area (Å²) < 4.78 is 2.40. The Labute approximate surface area is 293 Å². The molecule has 1 aliphatic carbocycles. The number of fused-ring (bicyclic) bond motifs is 3. The van der Waals surface area contributed by atoms with Crippen molar-refractivity contribution in [2.45, 2.75) is 12.3 Å². The van der Waals surface area contributed by atoms with E-state index in [0.717, 1.165) is 17.8 Å². The van der Waals surface area contributed by atoms with Crippen LogP contribution in [0.3, 0.4) is 0 Å². The average molecular weight is 641 g/mol. The summed E-state index contributed by atoms with van der Waals surface area (Å²) in [5, 5.41) is 2.57. The summed E-state index contributed by atoms with van der Waals surface area (Å²) in [4.78, 5) is 2.36. The molecule has 0 spiro atoms. The molecule has 1 aromatic heterocycles. The third kappa shape index (κ3) is 5.51. The third-order valence-corrected chi connectivity index (χ3v) is 9.94. The van der Waals surface area contributed by atoms with E-state index >= 15 is 0 Å². The molecule has 8 aromatic rings. The first-order valence-electron chi connectivity index (χ1n) is 17.4. The number of aromatic nitrogens is 1. The van der Waals surface area contributed by atoms with Crippen LogP contribution in [0.25, 0.3) is 49.7 Å². The molecule has 0 radical (unpaired) electrons. The molecular weight excluding hydrogens is 605 g/mol. The first kappa shape index (κ1) is 29.7. The van der Waals surface area contributed by atoms with E-state index < -0.39 is 0 Å². The predicted octanol–water partition coefficient (Wildman–Crippen LogP) is 12.9. The molecule has 9 rings (SSSR count). The summed E-state index contributed by atoms with van der Waals surface area (Å²) in [5.74, 6) is 0.300. The number of para-hydroxylation sites is 2. The van der Waals surface area contributed by atoms with Crippen molar-refractivity contribution in [3.63, 3.8) is 0 Å². The fraction of sp³-hybridized carbons (Fsp3) is 0.0417. The minimum absolute atomic E-state index is 0.300. The van der Waals surface area contributed by atoms with Crippen molar-refractivity contribution < 1.29 is 0 Å². The van der Waals surface area contributed by atoms with Crippen LogP contribution in [0.15, 0.2) is 206 Å². The molecule has 2 heteroatoms. The number of allylic oxidation sites excluding steroid dienone is 3. The Bertz CT molecular complexity index is 2470. The van der Waals surface area contributed by atoms with Crippen LogP contribution < -0.4 is 4.90 Å². The second-order valence-electron chi connectivity index (χ2n) is 13.0. The Hall–Kier alpha value is -6.38. The zero-order chi connectivity index (χ0) is 33.3. The van der Waals surface area contributed by atoms with Crippen molar-refractivity contribution in [3.8, 4) is 27.9 Å². The summed E-state index contributed by atoms with van der Waals surface area (Å²) in [6.45, 7) is 0. The van der Waals surface area contributed by atoms with Crippen LogP contribution in [0.2, 0.25) is 0 Å². The van der Waals surface area contributed by atoms with Crippen molar-refractivity contribution in [3.05, 3.63) is 211 Å². The molecule has 1 unspecified atom stereocenters. The van der Waals surface area contributed by atoms with Gasteiger partial charge in [0.15, 0.2) is 0 Å². The van der Waals surface area contributed by atoms with Crippen LogP contribution in [-0.2, 0) is 0 Å². The zero-order valence-electron chi connectivity index (χ0n) is 27.7. The predicted molar refractivity (Wildman–Crippen MR) is 211 cm³/mol. The van der Waals surface area contributed by atoms with E-state index in [0.29, 0.717) is 5.92 Å². The molecule has 0 amide bonds. The molecule has 2 nitrogen and oxygen atoms in total. The maximum absolute atomic E-state index is 2.41.